The second-order valence-electron chi connectivity index (χ2n) is 6.94. The van der Waals surface area contributed by atoms with E-state index in [-0.39, 0.29) is 23.9 Å². The number of H-pyrrole nitrogens is 1. The summed E-state index contributed by atoms with van der Waals surface area (Å²) >= 11 is 0. The molecule has 0 spiro atoms. The Bertz CT molecular complexity index is 467. The molecule has 5 rings (SSSR count). The lowest BCUT2D eigenvalue weighted by atomic mass is 9.53. The van der Waals surface area contributed by atoms with E-state index in [1.54, 1.807) is 0 Å². The second kappa shape index (κ2) is 5.03. The van der Waals surface area contributed by atoms with Crippen LogP contribution in [0.2, 0.25) is 0 Å². The van der Waals surface area contributed by atoms with Gasteiger partial charge in [0.1, 0.15) is 0 Å². The molecule has 4 fully saturated rings. The zero-order valence-corrected chi connectivity index (χ0v) is 12.3. The summed E-state index contributed by atoms with van der Waals surface area (Å²) in [6.45, 7) is 0. The van der Waals surface area contributed by atoms with Crippen molar-refractivity contribution in [3.8, 4) is 0 Å². The zero-order valence-electron chi connectivity index (χ0n) is 11.6. The lowest BCUT2D eigenvalue weighted by molar-refractivity contribution is -0.378. The number of carbonyl (C=O) groups is 1. The van der Waals surface area contributed by atoms with Crippen molar-refractivity contribution in [3.05, 3.63) is 30.1 Å². The fourth-order valence-corrected chi connectivity index (χ4v) is 5.12. The first-order valence-corrected chi connectivity index (χ1v) is 7.51. The second-order valence-corrected chi connectivity index (χ2v) is 6.94. The predicted octanol–water partition coefficient (Wildman–Crippen LogP) is -0.797. The van der Waals surface area contributed by atoms with E-state index in [0.29, 0.717) is 0 Å². The van der Waals surface area contributed by atoms with Gasteiger partial charge in [0, 0.05) is 17.7 Å². The molecule has 108 valence electrons. The maximum absolute atomic E-state index is 12.4. The summed E-state index contributed by atoms with van der Waals surface area (Å²) in [6, 6.07) is 3.71. The molecule has 4 heteroatoms. The highest BCUT2D eigenvalue weighted by atomic mass is 35.5. The minimum absolute atomic E-state index is 0. The fourth-order valence-electron chi connectivity index (χ4n) is 5.12. The Kier molecular flexibility index (Phi) is 3.49. The average Bonchev–Trinajstić information content (AvgIpc) is 2.37. The number of rotatable bonds is 2. The molecule has 4 aliphatic rings. The molecule has 1 aromatic rings. The Morgan fingerprint density at radius 1 is 1.05 bits per heavy atom. The maximum Gasteiger partial charge on any atom is 0.252 e. The molecule has 0 aromatic carbocycles. The van der Waals surface area contributed by atoms with Gasteiger partial charge in [-0.15, -0.1) is 0 Å². The van der Waals surface area contributed by atoms with E-state index in [2.05, 4.69) is 10.3 Å². The van der Waals surface area contributed by atoms with Crippen molar-refractivity contribution >= 4 is 5.91 Å². The quantitative estimate of drug-likeness (QED) is 0.762. The Hall–Kier alpha value is -1.09. The van der Waals surface area contributed by atoms with Crippen molar-refractivity contribution < 1.29 is 22.2 Å². The molecule has 1 amide bonds. The largest absolute Gasteiger partial charge is 1.00 e. The maximum atomic E-state index is 12.4. The first kappa shape index (κ1) is 13.9. The molecule has 4 aliphatic carbocycles. The number of aromatic nitrogens is 1. The highest BCUT2D eigenvalue weighted by Crippen LogP contribution is 2.55. The predicted molar refractivity (Wildman–Crippen MR) is 71.4 cm³/mol. The van der Waals surface area contributed by atoms with Crippen molar-refractivity contribution in [2.75, 3.05) is 0 Å². The topological polar surface area (TPSA) is 43.2 Å². The number of nitrogens with one attached hydrogen (secondary N) is 2. The number of halogens is 1. The molecule has 1 aromatic heterocycles. The van der Waals surface area contributed by atoms with Crippen molar-refractivity contribution in [2.45, 2.75) is 44.1 Å². The van der Waals surface area contributed by atoms with E-state index in [9.17, 15) is 4.79 Å². The van der Waals surface area contributed by atoms with Crippen LogP contribution in [0.1, 0.15) is 48.9 Å². The summed E-state index contributed by atoms with van der Waals surface area (Å²) < 4.78 is 0. The smallest absolute Gasteiger partial charge is 0.252 e. The minimum Gasteiger partial charge on any atom is -1.00 e. The Morgan fingerprint density at radius 2 is 1.55 bits per heavy atom. The van der Waals surface area contributed by atoms with E-state index in [1.807, 2.05) is 24.5 Å². The molecule has 0 aliphatic heterocycles. The van der Waals surface area contributed by atoms with Crippen LogP contribution in [0.4, 0.5) is 0 Å². The van der Waals surface area contributed by atoms with Crippen LogP contribution in [0.3, 0.4) is 0 Å². The van der Waals surface area contributed by atoms with Crippen LogP contribution < -0.4 is 22.7 Å². The SMILES string of the molecule is O=C(NC12CC3CC(CC(C3)C1)C2)c1cc[nH+]cc1.[Cl-]. The van der Waals surface area contributed by atoms with Gasteiger partial charge in [-0.05, 0) is 56.3 Å². The molecule has 20 heavy (non-hydrogen) atoms. The van der Waals surface area contributed by atoms with Crippen LogP contribution in [-0.2, 0) is 0 Å². The lowest BCUT2D eigenvalue weighted by Gasteiger charge is -2.56. The van der Waals surface area contributed by atoms with E-state index >= 15 is 0 Å². The van der Waals surface area contributed by atoms with Gasteiger partial charge in [0.25, 0.3) is 5.91 Å². The van der Waals surface area contributed by atoms with E-state index in [1.165, 1.54) is 38.5 Å². The van der Waals surface area contributed by atoms with Gasteiger partial charge in [0.2, 0.25) is 0 Å². The van der Waals surface area contributed by atoms with Crippen LogP contribution in [-0.4, -0.2) is 11.4 Å². The van der Waals surface area contributed by atoms with Crippen LogP contribution in [0.25, 0.3) is 0 Å². The minimum atomic E-state index is 0. The molecule has 0 saturated heterocycles. The van der Waals surface area contributed by atoms with Gasteiger partial charge in [-0.3, -0.25) is 4.79 Å². The molecular formula is C16H21ClN2O. The third-order valence-electron chi connectivity index (χ3n) is 5.40. The van der Waals surface area contributed by atoms with Crippen LogP contribution in [0, 0.1) is 17.8 Å². The van der Waals surface area contributed by atoms with Gasteiger partial charge in [-0.2, -0.15) is 0 Å². The van der Waals surface area contributed by atoms with Gasteiger partial charge in [0.05, 0.1) is 5.56 Å². The normalized spacial score (nSPS) is 37.3. The standard InChI is InChI=1S/C16H20N2O.ClH/c19-15(14-1-3-17-4-2-14)18-16-8-11-5-12(9-16)7-13(6-11)10-16;/h1-4,11-13H,5-10H2,(H,18,19);1H. The molecule has 1 heterocycles. The zero-order chi connectivity index (χ0) is 12.9. The van der Waals surface area contributed by atoms with Crippen LogP contribution in [0.15, 0.2) is 24.5 Å². The first-order chi connectivity index (χ1) is 9.22. The highest BCUT2D eigenvalue weighted by molar-refractivity contribution is 5.94. The Balaban J connectivity index is 0.00000121. The molecule has 3 nitrogen and oxygen atoms in total. The molecule has 0 radical (unpaired) electrons. The average molecular weight is 293 g/mol. The van der Waals surface area contributed by atoms with E-state index in [4.69, 9.17) is 0 Å². The van der Waals surface area contributed by atoms with Gasteiger partial charge >= 0.3 is 0 Å². The number of hydrogen-bond acceptors (Lipinski definition) is 1. The molecular weight excluding hydrogens is 272 g/mol. The summed E-state index contributed by atoms with van der Waals surface area (Å²) in [5.41, 5.74) is 0.889. The van der Waals surface area contributed by atoms with Crippen molar-refractivity contribution in [1.82, 2.24) is 5.32 Å². The number of aromatic amines is 1. The number of hydrogen-bond donors (Lipinski definition) is 1. The summed E-state index contributed by atoms with van der Waals surface area (Å²) in [5.74, 6) is 2.72. The summed E-state index contributed by atoms with van der Waals surface area (Å²) in [5, 5.41) is 3.39. The van der Waals surface area contributed by atoms with Gasteiger partial charge in [0.15, 0.2) is 12.4 Å². The monoisotopic (exact) mass is 292 g/mol. The molecule has 2 N–H and O–H groups in total. The fraction of sp³-hybridized carbons (Fsp3) is 0.625. The highest BCUT2D eigenvalue weighted by Gasteiger charge is 2.51. The van der Waals surface area contributed by atoms with E-state index < -0.39 is 0 Å². The molecule has 4 saturated carbocycles. The molecule has 0 unspecified atom stereocenters. The van der Waals surface area contributed by atoms with Gasteiger partial charge < -0.3 is 17.7 Å². The molecule has 0 atom stereocenters. The third-order valence-corrected chi connectivity index (χ3v) is 5.40. The number of pyridine rings is 1. The van der Waals surface area contributed by atoms with Gasteiger partial charge in [-0.25, -0.2) is 4.98 Å². The van der Waals surface area contributed by atoms with Crippen molar-refractivity contribution in [3.63, 3.8) is 0 Å². The van der Waals surface area contributed by atoms with Crippen LogP contribution >= 0.6 is 0 Å². The Morgan fingerprint density at radius 3 is 2.05 bits per heavy atom. The lowest BCUT2D eigenvalue weighted by Crippen LogP contribution is -3.00. The summed E-state index contributed by atoms with van der Waals surface area (Å²) in [4.78, 5) is 15.4. The van der Waals surface area contributed by atoms with Crippen molar-refractivity contribution in [2.24, 2.45) is 17.8 Å². The number of amides is 1. The third kappa shape index (κ3) is 2.32. The Labute approximate surface area is 126 Å². The number of carbonyl (C=O) groups excluding carboxylic acids is 1. The van der Waals surface area contributed by atoms with E-state index in [0.717, 1.165) is 23.3 Å². The first-order valence-electron chi connectivity index (χ1n) is 7.51. The van der Waals surface area contributed by atoms with Crippen molar-refractivity contribution in [1.29, 1.82) is 0 Å². The van der Waals surface area contributed by atoms with Gasteiger partial charge in [-0.1, -0.05) is 0 Å². The summed E-state index contributed by atoms with van der Waals surface area (Å²) in [6.07, 6.45) is 11.5. The van der Waals surface area contributed by atoms with Crippen LogP contribution in [0.5, 0.6) is 0 Å². The summed E-state index contributed by atoms with van der Waals surface area (Å²) in [7, 11) is 0. The molecule has 4 bridgehead atoms.